The highest BCUT2D eigenvalue weighted by Crippen LogP contribution is 2.61. The van der Waals surface area contributed by atoms with E-state index in [1.165, 1.54) is 55.6 Å². The molecule has 57 heavy (non-hydrogen) atoms. The molecule has 0 amide bonds. The van der Waals surface area contributed by atoms with Crippen molar-refractivity contribution in [2.75, 3.05) is 0 Å². The largest absolute Gasteiger partial charge is 0.264 e. The van der Waals surface area contributed by atoms with Crippen molar-refractivity contribution in [3.05, 3.63) is 222 Å². The van der Waals surface area contributed by atoms with E-state index in [9.17, 15) is 5.26 Å². The second-order valence-corrected chi connectivity index (χ2v) is 15.0. The van der Waals surface area contributed by atoms with Gasteiger partial charge in [-0.1, -0.05) is 152 Å². The molecule has 6 aromatic carbocycles. The average Bonchev–Trinajstić information content (AvgIpc) is 3.54. The lowest BCUT2D eigenvalue weighted by molar-refractivity contribution is 0.771. The summed E-state index contributed by atoms with van der Waals surface area (Å²) in [6.45, 7) is 0. The Morgan fingerprint density at radius 3 is 1.65 bits per heavy atom. The van der Waals surface area contributed by atoms with Crippen LogP contribution >= 0.6 is 0 Å². The second-order valence-electron chi connectivity index (χ2n) is 15.0. The minimum absolute atomic E-state index is 0.0544. The van der Waals surface area contributed by atoms with Crippen LogP contribution in [-0.4, -0.2) is 15.0 Å². The third kappa shape index (κ3) is 5.10. The molecule has 0 saturated carbocycles. The quantitative estimate of drug-likeness (QED) is 0.181. The average molecular weight is 727 g/mol. The highest BCUT2D eigenvalue weighted by molar-refractivity contribution is 5.98. The number of pyridine rings is 1. The zero-order chi connectivity index (χ0) is 37.9. The number of hydrogen-bond acceptors (Lipinski definition) is 4. The van der Waals surface area contributed by atoms with Crippen LogP contribution in [-0.2, 0) is 5.41 Å². The maximum Gasteiger partial charge on any atom is 0.136 e. The fraction of sp³-hybridized carbons (Fsp3) is 0.0566. The molecule has 4 nitrogen and oxygen atoms in total. The molecule has 2 heterocycles. The van der Waals surface area contributed by atoms with Crippen molar-refractivity contribution in [2.24, 2.45) is 0 Å². The van der Waals surface area contributed by atoms with E-state index >= 15 is 0 Å². The van der Waals surface area contributed by atoms with Gasteiger partial charge in [0.2, 0.25) is 0 Å². The van der Waals surface area contributed by atoms with Crippen LogP contribution in [0.3, 0.4) is 0 Å². The Balaban J connectivity index is 1.14. The van der Waals surface area contributed by atoms with Gasteiger partial charge >= 0.3 is 0 Å². The first-order chi connectivity index (χ1) is 28.2. The summed E-state index contributed by atoms with van der Waals surface area (Å²) in [4.78, 5) is 14.8. The number of aromatic nitrogens is 3. The summed E-state index contributed by atoms with van der Waals surface area (Å²) in [6.07, 6.45) is 10.3. The molecule has 11 rings (SSSR count). The van der Waals surface area contributed by atoms with E-state index < -0.39 is 5.41 Å². The number of hydrogen-bond donors (Lipinski definition) is 0. The number of nitriles is 1. The maximum atomic E-state index is 9.56. The molecule has 0 radical (unpaired) electrons. The molecule has 266 valence electrons. The van der Waals surface area contributed by atoms with Crippen molar-refractivity contribution < 1.29 is 0 Å². The van der Waals surface area contributed by atoms with Crippen molar-refractivity contribution >= 4 is 0 Å². The van der Waals surface area contributed by atoms with Crippen LogP contribution in [0.5, 0.6) is 0 Å². The molecule has 0 saturated heterocycles. The third-order valence-electron chi connectivity index (χ3n) is 12.0. The van der Waals surface area contributed by atoms with Gasteiger partial charge in [-0.25, -0.2) is 9.97 Å². The number of allylic oxidation sites excluding steroid dienone is 4. The van der Waals surface area contributed by atoms with Crippen molar-refractivity contribution in [3.8, 4) is 73.1 Å². The molecule has 0 aliphatic heterocycles. The van der Waals surface area contributed by atoms with Gasteiger partial charge in [-0.15, -0.1) is 0 Å². The van der Waals surface area contributed by atoms with Crippen molar-refractivity contribution in [2.45, 2.75) is 17.8 Å². The van der Waals surface area contributed by atoms with Crippen LogP contribution < -0.4 is 0 Å². The van der Waals surface area contributed by atoms with E-state index in [2.05, 4.69) is 169 Å². The van der Waals surface area contributed by atoms with Gasteiger partial charge in [0.05, 0.1) is 22.9 Å². The summed E-state index contributed by atoms with van der Waals surface area (Å²) >= 11 is 0. The van der Waals surface area contributed by atoms with Gasteiger partial charge in [0.25, 0.3) is 0 Å². The minimum atomic E-state index is -0.535. The van der Waals surface area contributed by atoms with Crippen LogP contribution in [0.1, 0.15) is 40.4 Å². The molecule has 1 spiro atoms. The van der Waals surface area contributed by atoms with Gasteiger partial charge in [-0.3, -0.25) is 4.98 Å². The Morgan fingerprint density at radius 2 is 1.05 bits per heavy atom. The van der Waals surface area contributed by atoms with E-state index in [4.69, 9.17) is 9.97 Å². The van der Waals surface area contributed by atoms with E-state index in [1.807, 2.05) is 24.4 Å². The van der Waals surface area contributed by atoms with Crippen molar-refractivity contribution in [1.82, 2.24) is 15.0 Å². The minimum Gasteiger partial charge on any atom is -0.264 e. The molecular weight excluding hydrogens is 693 g/mol. The zero-order valence-corrected chi connectivity index (χ0v) is 31.0. The monoisotopic (exact) mass is 726 g/mol. The SMILES string of the molecule is N#CC1=CCC(c2nc(-c3ccc(-c4cccnc4)cc3)cc(-c3ccc4c(c3)-c3ccccc3-c3ccccc3C43c4ccccc4-c4ccccc43)n2)C=C1. The van der Waals surface area contributed by atoms with Gasteiger partial charge in [0, 0.05) is 35.0 Å². The number of benzene rings is 6. The summed E-state index contributed by atoms with van der Waals surface area (Å²) in [5, 5.41) is 9.56. The standard InChI is InChI=1S/C53H34N4/c54-32-34-19-21-37(22-20-34)52-56-50(36-25-23-35(24-26-36)39-10-9-29-55-33-39)31-51(57-52)38-27-28-49-45(30-38)41-12-2-1-11-40(41)42-13-3-6-16-46(42)53(49)47-17-7-4-14-43(47)44-15-5-8-18-48(44)53/h1-21,23-31,33,37H,22H2. The molecule has 3 aliphatic rings. The first-order valence-corrected chi connectivity index (χ1v) is 19.4. The first kappa shape index (κ1) is 32.9. The van der Waals surface area contributed by atoms with Crippen molar-refractivity contribution in [3.63, 3.8) is 0 Å². The van der Waals surface area contributed by atoms with Gasteiger partial charge in [-0.2, -0.15) is 5.26 Å². The van der Waals surface area contributed by atoms with Crippen LogP contribution in [0, 0.1) is 11.3 Å². The molecule has 8 aromatic rings. The van der Waals surface area contributed by atoms with Crippen LogP contribution in [0.15, 0.2) is 194 Å². The number of nitrogens with zero attached hydrogens (tertiary/aromatic N) is 4. The Kier molecular flexibility index (Phi) is 7.55. The zero-order valence-electron chi connectivity index (χ0n) is 31.0. The highest BCUT2D eigenvalue weighted by Gasteiger charge is 2.49. The Morgan fingerprint density at radius 1 is 0.509 bits per heavy atom. The fourth-order valence-electron chi connectivity index (χ4n) is 9.40. The van der Waals surface area contributed by atoms with E-state index in [1.54, 1.807) is 6.20 Å². The van der Waals surface area contributed by atoms with Gasteiger partial charge < -0.3 is 0 Å². The van der Waals surface area contributed by atoms with E-state index in [-0.39, 0.29) is 5.92 Å². The van der Waals surface area contributed by atoms with Gasteiger partial charge in [-0.05, 0) is 97.5 Å². The molecule has 0 fully saturated rings. The lowest BCUT2D eigenvalue weighted by atomic mass is 9.66. The molecule has 0 bridgehead atoms. The van der Waals surface area contributed by atoms with E-state index in [0.717, 1.165) is 39.5 Å². The Hall–Kier alpha value is -7.48. The smallest absolute Gasteiger partial charge is 0.136 e. The molecule has 1 unspecified atom stereocenters. The molecular formula is C53H34N4. The Labute approximate surface area is 331 Å². The maximum absolute atomic E-state index is 9.56. The van der Waals surface area contributed by atoms with Gasteiger partial charge in [0.15, 0.2) is 0 Å². The lowest BCUT2D eigenvalue weighted by Crippen LogP contribution is -2.29. The second kappa shape index (κ2) is 13.1. The molecule has 0 N–H and O–H groups in total. The highest BCUT2D eigenvalue weighted by atomic mass is 14.9. The first-order valence-electron chi connectivity index (χ1n) is 19.4. The van der Waals surface area contributed by atoms with E-state index in [0.29, 0.717) is 12.0 Å². The number of fused-ring (bicyclic) bond motifs is 12. The summed E-state index contributed by atoms with van der Waals surface area (Å²) in [5.74, 6) is 0.683. The Bertz CT molecular complexity index is 2960. The predicted molar refractivity (Wildman–Crippen MR) is 228 cm³/mol. The molecule has 4 heteroatoms. The molecule has 1 atom stereocenters. The molecule has 2 aromatic heterocycles. The normalized spacial score (nSPS) is 15.3. The lowest BCUT2D eigenvalue weighted by Gasteiger charge is -2.35. The van der Waals surface area contributed by atoms with Crippen molar-refractivity contribution in [1.29, 1.82) is 5.26 Å². The van der Waals surface area contributed by atoms with Gasteiger partial charge in [0.1, 0.15) is 5.82 Å². The summed E-state index contributed by atoms with van der Waals surface area (Å²) in [7, 11) is 0. The van der Waals surface area contributed by atoms with Crippen LogP contribution in [0.4, 0.5) is 0 Å². The molecule has 3 aliphatic carbocycles. The number of rotatable bonds is 4. The van der Waals surface area contributed by atoms with Crippen LogP contribution in [0.2, 0.25) is 0 Å². The van der Waals surface area contributed by atoms with Crippen LogP contribution in [0.25, 0.3) is 67.0 Å². The summed E-state index contributed by atoms with van der Waals surface area (Å²) < 4.78 is 0. The fourth-order valence-corrected chi connectivity index (χ4v) is 9.40. The topological polar surface area (TPSA) is 62.5 Å². The summed E-state index contributed by atoms with van der Waals surface area (Å²) in [6, 6.07) is 59.6. The predicted octanol–water partition coefficient (Wildman–Crippen LogP) is 12.4. The summed E-state index contributed by atoms with van der Waals surface area (Å²) in [5.41, 5.74) is 18.6. The third-order valence-corrected chi connectivity index (χ3v) is 12.0.